The number of fused-ring (bicyclic) bond motifs is 7. The third kappa shape index (κ3) is 4.64. The Kier molecular flexibility index (Phi) is 6.28. The Bertz CT molecular complexity index is 2760. The summed E-state index contributed by atoms with van der Waals surface area (Å²) >= 11 is 0. The molecule has 2 heterocycles. The average Bonchev–Trinajstić information content (AvgIpc) is 3.57. The highest BCUT2D eigenvalue weighted by atomic mass is 16.3. The van der Waals surface area contributed by atoms with Crippen LogP contribution in [0.1, 0.15) is 35.1 Å². The Balaban J connectivity index is 1.18. The molecule has 1 aliphatic carbocycles. The van der Waals surface area contributed by atoms with E-state index >= 15 is 0 Å². The first kappa shape index (κ1) is 27.7. The van der Waals surface area contributed by atoms with E-state index in [9.17, 15) is 0 Å². The zero-order valence-corrected chi connectivity index (χ0v) is 26.5. The van der Waals surface area contributed by atoms with Crippen molar-refractivity contribution >= 4 is 48.9 Å². The van der Waals surface area contributed by atoms with Gasteiger partial charge in [0, 0.05) is 33.6 Å². The molecule has 0 N–H and O–H groups in total. The van der Waals surface area contributed by atoms with Crippen LogP contribution in [0.3, 0.4) is 0 Å². The van der Waals surface area contributed by atoms with Crippen LogP contribution in [-0.4, -0.2) is 15.0 Å². The van der Waals surface area contributed by atoms with Crippen LogP contribution in [0.4, 0.5) is 0 Å². The van der Waals surface area contributed by atoms with Crippen molar-refractivity contribution in [3.63, 3.8) is 0 Å². The SMILES string of the molecule is C1=C(c2nc(-c3ccccc3)nc(-c3ccc4ccc5ccccc5c4c3)n2)c2c(oc3ccccc23)C(c2ccc3ccccc3c2)C1. The lowest BCUT2D eigenvalue weighted by molar-refractivity contribution is 0.516. The maximum atomic E-state index is 6.73. The second-order valence-corrected chi connectivity index (χ2v) is 12.7. The van der Waals surface area contributed by atoms with Gasteiger partial charge in [0.25, 0.3) is 0 Å². The summed E-state index contributed by atoms with van der Waals surface area (Å²) in [6.45, 7) is 0. The summed E-state index contributed by atoms with van der Waals surface area (Å²) in [6, 6.07) is 53.1. The number of aromatic nitrogens is 3. The van der Waals surface area contributed by atoms with Gasteiger partial charge in [-0.15, -0.1) is 0 Å². The molecule has 9 aromatic rings. The normalized spacial score (nSPS) is 14.4. The van der Waals surface area contributed by atoms with Crippen molar-refractivity contribution in [3.05, 3.63) is 180 Å². The number of allylic oxidation sites excluding steroid dienone is 1. The van der Waals surface area contributed by atoms with E-state index in [1.807, 2.05) is 24.3 Å². The Hall–Kier alpha value is -6.39. The van der Waals surface area contributed by atoms with Gasteiger partial charge in [-0.3, -0.25) is 0 Å². The van der Waals surface area contributed by atoms with E-state index in [4.69, 9.17) is 19.4 Å². The topological polar surface area (TPSA) is 51.8 Å². The molecule has 10 rings (SSSR count). The fraction of sp³-hybridized carbons (Fsp3) is 0.0444. The zero-order chi connectivity index (χ0) is 32.3. The fourth-order valence-corrected chi connectivity index (χ4v) is 7.43. The molecule has 1 atom stereocenters. The molecule has 2 aromatic heterocycles. The predicted octanol–water partition coefficient (Wildman–Crippen LogP) is 11.4. The van der Waals surface area contributed by atoms with Crippen LogP contribution >= 0.6 is 0 Å². The highest BCUT2D eigenvalue weighted by molar-refractivity contribution is 6.08. The van der Waals surface area contributed by atoms with E-state index in [1.54, 1.807) is 0 Å². The molecule has 0 fully saturated rings. The first-order valence-electron chi connectivity index (χ1n) is 16.7. The van der Waals surface area contributed by atoms with Gasteiger partial charge in [0.15, 0.2) is 17.5 Å². The number of rotatable bonds is 4. The summed E-state index contributed by atoms with van der Waals surface area (Å²) in [5, 5.41) is 8.31. The van der Waals surface area contributed by atoms with Gasteiger partial charge in [-0.05, 0) is 56.4 Å². The maximum absolute atomic E-state index is 6.73. The van der Waals surface area contributed by atoms with Crippen LogP contribution in [0.15, 0.2) is 162 Å². The summed E-state index contributed by atoms with van der Waals surface area (Å²) in [6.07, 6.45) is 3.07. The van der Waals surface area contributed by atoms with Crippen molar-refractivity contribution in [2.75, 3.05) is 0 Å². The number of benzene rings is 7. The van der Waals surface area contributed by atoms with E-state index < -0.39 is 0 Å². The third-order valence-corrected chi connectivity index (χ3v) is 9.86. The fourth-order valence-electron chi connectivity index (χ4n) is 7.43. The number of furan rings is 1. The van der Waals surface area contributed by atoms with Gasteiger partial charge < -0.3 is 4.42 Å². The molecular weight excluding hydrogens is 599 g/mol. The summed E-state index contributed by atoms with van der Waals surface area (Å²) < 4.78 is 6.73. The number of nitrogens with zero attached hydrogens (tertiary/aromatic N) is 3. The number of hydrogen-bond donors (Lipinski definition) is 0. The largest absolute Gasteiger partial charge is 0.460 e. The summed E-state index contributed by atoms with van der Waals surface area (Å²) in [7, 11) is 0. The molecule has 0 spiro atoms. The van der Waals surface area contributed by atoms with Crippen molar-refractivity contribution in [2.24, 2.45) is 0 Å². The smallest absolute Gasteiger partial charge is 0.164 e. The van der Waals surface area contributed by atoms with Gasteiger partial charge in [-0.1, -0.05) is 146 Å². The minimum atomic E-state index is 0.0689. The van der Waals surface area contributed by atoms with E-state index in [0.717, 1.165) is 45.4 Å². The highest BCUT2D eigenvalue weighted by Gasteiger charge is 2.31. The van der Waals surface area contributed by atoms with E-state index in [2.05, 4.69) is 133 Å². The Morgan fingerprint density at radius 1 is 0.469 bits per heavy atom. The van der Waals surface area contributed by atoms with Gasteiger partial charge in [0.1, 0.15) is 11.3 Å². The van der Waals surface area contributed by atoms with Gasteiger partial charge in [0.05, 0.1) is 0 Å². The zero-order valence-electron chi connectivity index (χ0n) is 26.5. The van der Waals surface area contributed by atoms with Crippen LogP contribution in [-0.2, 0) is 0 Å². The van der Waals surface area contributed by atoms with E-state index in [-0.39, 0.29) is 5.92 Å². The molecule has 7 aromatic carbocycles. The van der Waals surface area contributed by atoms with Crippen LogP contribution in [0.2, 0.25) is 0 Å². The lowest BCUT2D eigenvalue weighted by Gasteiger charge is -2.22. The van der Waals surface area contributed by atoms with Crippen LogP contribution in [0.5, 0.6) is 0 Å². The summed E-state index contributed by atoms with van der Waals surface area (Å²) in [5.74, 6) is 2.96. The molecule has 0 radical (unpaired) electrons. The molecule has 0 bridgehead atoms. The summed E-state index contributed by atoms with van der Waals surface area (Å²) in [4.78, 5) is 15.5. The molecule has 4 nitrogen and oxygen atoms in total. The average molecular weight is 628 g/mol. The van der Waals surface area contributed by atoms with Crippen LogP contribution < -0.4 is 0 Å². The lowest BCUT2D eigenvalue weighted by Crippen LogP contribution is -2.10. The molecule has 0 saturated heterocycles. The molecule has 0 saturated carbocycles. The maximum Gasteiger partial charge on any atom is 0.164 e. The van der Waals surface area contributed by atoms with Gasteiger partial charge >= 0.3 is 0 Å². The molecular formula is C45H29N3O. The monoisotopic (exact) mass is 627 g/mol. The Labute approximate surface area is 283 Å². The molecule has 49 heavy (non-hydrogen) atoms. The third-order valence-electron chi connectivity index (χ3n) is 9.86. The first-order valence-corrected chi connectivity index (χ1v) is 16.7. The van der Waals surface area contributed by atoms with E-state index in [1.165, 1.54) is 37.9 Å². The second-order valence-electron chi connectivity index (χ2n) is 12.7. The molecule has 4 heteroatoms. The standard InChI is InChI=1S/C45H29N3O/c1-2-12-31(13-3-1)43-46-44(34-23-21-30-20-19-29-11-6-7-15-35(29)39(30)27-34)48-45(47-43)38-25-24-36(33-22-18-28-10-4-5-14-32(28)26-33)42-41(38)37-16-8-9-17-40(37)49-42/h1-23,25-27,36H,24H2. The van der Waals surface area contributed by atoms with Gasteiger partial charge in [0.2, 0.25) is 0 Å². The molecule has 0 aliphatic heterocycles. The number of para-hydroxylation sites is 1. The summed E-state index contributed by atoms with van der Waals surface area (Å²) in [5.41, 5.74) is 6.03. The molecule has 230 valence electrons. The van der Waals surface area contributed by atoms with Crippen molar-refractivity contribution in [2.45, 2.75) is 12.3 Å². The van der Waals surface area contributed by atoms with Crippen molar-refractivity contribution in [1.29, 1.82) is 0 Å². The van der Waals surface area contributed by atoms with Gasteiger partial charge in [-0.2, -0.15) is 0 Å². The Morgan fingerprint density at radius 2 is 1.10 bits per heavy atom. The molecule has 1 aliphatic rings. The molecule has 0 amide bonds. The van der Waals surface area contributed by atoms with E-state index in [0.29, 0.717) is 17.5 Å². The second kappa shape index (κ2) is 11.1. The van der Waals surface area contributed by atoms with Gasteiger partial charge in [-0.25, -0.2) is 15.0 Å². The minimum Gasteiger partial charge on any atom is -0.460 e. The predicted molar refractivity (Wildman–Crippen MR) is 199 cm³/mol. The molecule has 1 unspecified atom stereocenters. The minimum absolute atomic E-state index is 0.0689. The first-order chi connectivity index (χ1) is 24.3. The van der Waals surface area contributed by atoms with Crippen molar-refractivity contribution < 1.29 is 4.42 Å². The highest BCUT2D eigenvalue weighted by Crippen LogP contribution is 2.46. The number of hydrogen-bond acceptors (Lipinski definition) is 4. The van der Waals surface area contributed by atoms with Crippen LogP contribution in [0.25, 0.3) is 71.6 Å². The Morgan fingerprint density at radius 3 is 1.96 bits per heavy atom. The quantitative estimate of drug-likeness (QED) is 0.182. The lowest BCUT2D eigenvalue weighted by atomic mass is 9.82. The van der Waals surface area contributed by atoms with Crippen molar-refractivity contribution in [3.8, 4) is 22.8 Å². The van der Waals surface area contributed by atoms with Crippen LogP contribution in [0, 0.1) is 0 Å². The van der Waals surface area contributed by atoms with Crippen molar-refractivity contribution in [1.82, 2.24) is 15.0 Å².